The van der Waals surface area contributed by atoms with Crippen molar-refractivity contribution in [2.75, 3.05) is 19.0 Å². The van der Waals surface area contributed by atoms with Gasteiger partial charge in [0.2, 0.25) is 0 Å². The molecule has 0 radical (unpaired) electrons. The highest BCUT2D eigenvalue weighted by Crippen LogP contribution is 2.31. The molecule has 1 aromatic heterocycles. The number of carbonyl (C=O) groups is 2. The SMILES string of the molecule is COc1ccc(C2CCCCCN2C(=O)Nc2cccc(C(N)=O)n2)cc1. The molecule has 0 saturated carbocycles. The second-order valence-corrected chi connectivity index (χ2v) is 6.53. The number of nitrogens with one attached hydrogen (secondary N) is 1. The number of nitrogens with two attached hydrogens (primary N) is 1. The first-order chi connectivity index (χ1) is 13.1. The Morgan fingerprint density at radius 1 is 1.15 bits per heavy atom. The number of nitrogens with zero attached hydrogens (tertiary/aromatic N) is 2. The third-order valence-corrected chi connectivity index (χ3v) is 4.75. The minimum Gasteiger partial charge on any atom is -0.497 e. The summed E-state index contributed by atoms with van der Waals surface area (Å²) in [4.78, 5) is 30.2. The topological polar surface area (TPSA) is 97.5 Å². The molecule has 2 heterocycles. The molecule has 0 bridgehead atoms. The van der Waals surface area contributed by atoms with Crippen LogP contribution in [0.25, 0.3) is 0 Å². The van der Waals surface area contributed by atoms with Crippen LogP contribution in [0.3, 0.4) is 0 Å². The lowest BCUT2D eigenvalue weighted by Gasteiger charge is -2.30. The van der Waals surface area contributed by atoms with Crippen molar-refractivity contribution in [2.45, 2.75) is 31.7 Å². The molecule has 7 heteroatoms. The van der Waals surface area contributed by atoms with E-state index in [9.17, 15) is 9.59 Å². The number of hydrogen-bond acceptors (Lipinski definition) is 4. The van der Waals surface area contributed by atoms with Gasteiger partial charge in [-0.3, -0.25) is 10.1 Å². The summed E-state index contributed by atoms with van der Waals surface area (Å²) < 4.78 is 5.23. The van der Waals surface area contributed by atoms with Crippen molar-refractivity contribution in [3.05, 3.63) is 53.7 Å². The molecule has 1 unspecified atom stereocenters. The van der Waals surface area contributed by atoms with Crippen LogP contribution in [0.1, 0.15) is 47.8 Å². The van der Waals surface area contributed by atoms with E-state index >= 15 is 0 Å². The summed E-state index contributed by atoms with van der Waals surface area (Å²) >= 11 is 0. The molecule has 0 spiro atoms. The summed E-state index contributed by atoms with van der Waals surface area (Å²) in [7, 11) is 1.63. The van der Waals surface area contributed by atoms with E-state index in [1.807, 2.05) is 29.2 Å². The summed E-state index contributed by atoms with van der Waals surface area (Å²) in [5.74, 6) is 0.474. The van der Waals surface area contributed by atoms with Gasteiger partial charge in [-0.25, -0.2) is 9.78 Å². The van der Waals surface area contributed by atoms with Gasteiger partial charge in [0.1, 0.15) is 17.3 Å². The Hall–Kier alpha value is -3.09. The molecular weight excluding hydrogens is 344 g/mol. The van der Waals surface area contributed by atoms with Crippen LogP contribution in [0.2, 0.25) is 0 Å². The number of primary amides is 1. The second-order valence-electron chi connectivity index (χ2n) is 6.53. The van der Waals surface area contributed by atoms with E-state index in [0.717, 1.165) is 37.0 Å². The molecule has 3 rings (SSSR count). The van der Waals surface area contributed by atoms with Gasteiger partial charge in [-0.1, -0.05) is 31.0 Å². The fraction of sp³-hybridized carbons (Fsp3) is 0.350. The summed E-state index contributed by atoms with van der Waals surface area (Å²) in [6, 6.07) is 12.4. The molecule has 1 atom stereocenters. The number of amides is 3. The standard InChI is InChI=1S/C20H24N4O3/c1-27-15-11-9-14(10-12-15)17-7-3-2-4-13-24(17)20(26)23-18-8-5-6-16(22-18)19(21)25/h5-6,8-12,17H,2-4,7,13H2,1H3,(H2,21,25)(H,22,23,26). The van der Waals surface area contributed by atoms with E-state index in [4.69, 9.17) is 10.5 Å². The Balaban J connectivity index is 1.80. The molecule has 7 nitrogen and oxygen atoms in total. The average molecular weight is 368 g/mol. The van der Waals surface area contributed by atoms with Crippen molar-refractivity contribution in [1.29, 1.82) is 0 Å². The van der Waals surface area contributed by atoms with Gasteiger partial charge in [0.15, 0.2) is 0 Å². The monoisotopic (exact) mass is 368 g/mol. The van der Waals surface area contributed by atoms with Crippen molar-refractivity contribution in [3.8, 4) is 5.75 Å². The predicted octanol–water partition coefficient (Wildman–Crippen LogP) is 3.34. The van der Waals surface area contributed by atoms with Crippen LogP contribution in [0, 0.1) is 0 Å². The normalized spacial score (nSPS) is 17.1. The Morgan fingerprint density at radius 2 is 1.93 bits per heavy atom. The van der Waals surface area contributed by atoms with Gasteiger partial charge in [-0.15, -0.1) is 0 Å². The van der Waals surface area contributed by atoms with Gasteiger partial charge >= 0.3 is 6.03 Å². The van der Waals surface area contributed by atoms with Gasteiger partial charge in [0.25, 0.3) is 5.91 Å². The van der Waals surface area contributed by atoms with Crippen LogP contribution >= 0.6 is 0 Å². The van der Waals surface area contributed by atoms with Crippen LogP contribution in [0.5, 0.6) is 5.75 Å². The minimum absolute atomic E-state index is 0.0160. The molecule has 0 aliphatic carbocycles. The number of rotatable bonds is 4. The first kappa shape index (κ1) is 18.7. The average Bonchev–Trinajstić information content (AvgIpc) is 2.94. The second kappa shape index (κ2) is 8.53. The highest BCUT2D eigenvalue weighted by atomic mass is 16.5. The zero-order chi connectivity index (χ0) is 19.2. The summed E-state index contributed by atoms with van der Waals surface area (Å²) in [5.41, 5.74) is 6.46. The lowest BCUT2D eigenvalue weighted by Crippen LogP contribution is -2.38. The van der Waals surface area contributed by atoms with Gasteiger partial charge in [-0.2, -0.15) is 0 Å². The number of benzene rings is 1. The zero-order valence-corrected chi connectivity index (χ0v) is 15.4. The number of anilines is 1. The molecule has 1 saturated heterocycles. The number of likely N-dealkylation sites (tertiary alicyclic amines) is 1. The van der Waals surface area contributed by atoms with Crippen molar-refractivity contribution >= 4 is 17.8 Å². The van der Waals surface area contributed by atoms with Crippen LogP contribution in [-0.2, 0) is 0 Å². The molecule has 3 N–H and O–H groups in total. The minimum atomic E-state index is -0.628. The van der Waals surface area contributed by atoms with Crippen LogP contribution < -0.4 is 15.8 Å². The van der Waals surface area contributed by atoms with E-state index in [0.29, 0.717) is 12.4 Å². The molecule has 1 aliphatic rings. The molecule has 27 heavy (non-hydrogen) atoms. The third kappa shape index (κ3) is 4.55. The summed E-state index contributed by atoms with van der Waals surface area (Å²) in [6.45, 7) is 0.665. The maximum atomic E-state index is 12.9. The molecule has 142 valence electrons. The Bertz CT molecular complexity index is 807. The van der Waals surface area contributed by atoms with Gasteiger partial charge in [0, 0.05) is 6.54 Å². The van der Waals surface area contributed by atoms with Crippen molar-refractivity contribution < 1.29 is 14.3 Å². The largest absolute Gasteiger partial charge is 0.497 e. The molecule has 1 aromatic carbocycles. The van der Waals surface area contributed by atoms with E-state index in [2.05, 4.69) is 10.3 Å². The fourth-order valence-corrected chi connectivity index (χ4v) is 3.35. The number of urea groups is 1. The number of carbonyl (C=O) groups excluding carboxylic acids is 2. The van der Waals surface area contributed by atoms with E-state index in [1.165, 1.54) is 6.07 Å². The molecule has 1 aliphatic heterocycles. The Kier molecular flexibility index (Phi) is 5.90. The zero-order valence-electron chi connectivity index (χ0n) is 15.4. The quantitative estimate of drug-likeness (QED) is 0.865. The van der Waals surface area contributed by atoms with Crippen molar-refractivity contribution in [1.82, 2.24) is 9.88 Å². The van der Waals surface area contributed by atoms with Gasteiger partial charge in [-0.05, 0) is 42.7 Å². The van der Waals surface area contributed by atoms with Gasteiger partial charge < -0.3 is 15.4 Å². The lowest BCUT2D eigenvalue weighted by molar-refractivity contribution is 0.0995. The number of pyridine rings is 1. The van der Waals surface area contributed by atoms with Gasteiger partial charge in [0.05, 0.1) is 13.2 Å². The highest BCUT2D eigenvalue weighted by Gasteiger charge is 2.27. The lowest BCUT2D eigenvalue weighted by atomic mass is 10.0. The number of methoxy groups -OCH3 is 1. The van der Waals surface area contributed by atoms with Crippen molar-refractivity contribution in [2.24, 2.45) is 5.73 Å². The maximum Gasteiger partial charge on any atom is 0.323 e. The van der Waals surface area contributed by atoms with Crippen LogP contribution in [0.15, 0.2) is 42.5 Å². The Morgan fingerprint density at radius 3 is 2.63 bits per heavy atom. The van der Waals surface area contributed by atoms with E-state index in [1.54, 1.807) is 19.2 Å². The summed E-state index contributed by atoms with van der Waals surface area (Å²) in [6.07, 6.45) is 4.01. The third-order valence-electron chi connectivity index (χ3n) is 4.75. The number of aromatic nitrogens is 1. The van der Waals surface area contributed by atoms with E-state index < -0.39 is 5.91 Å². The fourth-order valence-electron chi connectivity index (χ4n) is 3.35. The number of hydrogen-bond donors (Lipinski definition) is 2. The van der Waals surface area contributed by atoms with Crippen LogP contribution in [0.4, 0.5) is 10.6 Å². The molecule has 3 amide bonds. The highest BCUT2D eigenvalue weighted by molar-refractivity contribution is 5.93. The predicted molar refractivity (Wildman–Crippen MR) is 103 cm³/mol. The Labute approximate surface area is 158 Å². The van der Waals surface area contributed by atoms with E-state index in [-0.39, 0.29) is 17.8 Å². The molecule has 2 aromatic rings. The van der Waals surface area contributed by atoms with Crippen molar-refractivity contribution in [3.63, 3.8) is 0 Å². The summed E-state index contributed by atoms with van der Waals surface area (Å²) in [5, 5.41) is 2.80. The maximum absolute atomic E-state index is 12.9. The first-order valence-electron chi connectivity index (χ1n) is 9.07. The first-order valence-corrected chi connectivity index (χ1v) is 9.07. The number of ether oxygens (including phenoxy) is 1. The smallest absolute Gasteiger partial charge is 0.323 e. The molecular formula is C20H24N4O3. The molecule has 1 fully saturated rings. The van der Waals surface area contributed by atoms with Crippen LogP contribution in [-0.4, -0.2) is 35.5 Å².